The van der Waals surface area contributed by atoms with Crippen molar-refractivity contribution in [3.05, 3.63) is 60.6 Å². The van der Waals surface area contributed by atoms with Crippen LogP contribution >= 0.6 is 50.1 Å². The minimum absolute atomic E-state index is 0.00895. The summed E-state index contributed by atoms with van der Waals surface area (Å²) in [4.78, 5) is 12.1. The largest absolute Gasteiger partial charge is 0.319 e. The van der Waals surface area contributed by atoms with Crippen LogP contribution in [0.1, 0.15) is 10.4 Å². The number of nitrogens with one attached hydrogen (secondary N) is 1. The molecular formula is C13H6BrClF2INO. The molecular weight excluding hydrogens is 466 g/mol. The van der Waals surface area contributed by atoms with Gasteiger partial charge in [0.15, 0.2) is 0 Å². The van der Waals surface area contributed by atoms with Crippen molar-refractivity contribution in [1.82, 2.24) is 0 Å². The highest BCUT2D eigenvalue weighted by molar-refractivity contribution is 14.1. The number of hydrogen-bond donors (Lipinski definition) is 1. The van der Waals surface area contributed by atoms with Crippen LogP contribution in [0, 0.1) is 15.2 Å². The molecule has 1 amide bonds. The first-order chi connectivity index (χ1) is 9.38. The molecule has 2 nitrogen and oxygen atoms in total. The lowest BCUT2D eigenvalue weighted by Gasteiger charge is -2.09. The molecule has 0 fully saturated rings. The third-order valence-corrected chi connectivity index (χ3v) is 4.21. The van der Waals surface area contributed by atoms with E-state index < -0.39 is 17.5 Å². The summed E-state index contributed by atoms with van der Waals surface area (Å²) < 4.78 is 27.7. The van der Waals surface area contributed by atoms with Crippen LogP contribution in [-0.4, -0.2) is 5.91 Å². The summed E-state index contributed by atoms with van der Waals surface area (Å²) in [7, 11) is 0. The highest BCUT2D eigenvalue weighted by Crippen LogP contribution is 2.25. The number of carbonyl (C=O) groups is 1. The van der Waals surface area contributed by atoms with Gasteiger partial charge in [-0.3, -0.25) is 4.79 Å². The van der Waals surface area contributed by atoms with Crippen molar-refractivity contribution in [2.24, 2.45) is 0 Å². The van der Waals surface area contributed by atoms with Gasteiger partial charge in [0.2, 0.25) is 0 Å². The smallest absolute Gasteiger partial charge is 0.256 e. The molecule has 0 heterocycles. The third-order valence-electron chi connectivity index (χ3n) is 2.43. The molecule has 0 spiro atoms. The first kappa shape index (κ1) is 15.7. The summed E-state index contributed by atoms with van der Waals surface area (Å²) in [5.74, 6) is -1.95. The van der Waals surface area contributed by atoms with Crippen LogP contribution in [0.15, 0.2) is 34.8 Å². The predicted octanol–water partition coefficient (Wildman–Crippen LogP) is 5.24. The first-order valence-corrected chi connectivity index (χ1v) is 7.54. The van der Waals surface area contributed by atoms with Gasteiger partial charge in [0.1, 0.15) is 11.6 Å². The van der Waals surface area contributed by atoms with E-state index in [9.17, 15) is 13.6 Å². The van der Waals surface area contributed by atoms with Crippen molar-refractivity contribution >= 4 is 61.7 Å². The Labute approximate surface area is 140 Å². The minimum atomic E-state index is -0.733. The summed E-state index contributed by atoms with van der Waals surface area (Å²) >= 11 is 10.6. The Balaban J connectivity index is 2.32. The summed E-state index contributed by atoms with van der Waals surface area (Å²) in [6, 6.07) is 6.63. The van der Waals surface area contributed by atoms with E-state index in [1.54, 1.807) is 12.1 Å². The van der Waals surface area contributed by atoms with E-state index >= 15 is 0 Å². The fraction of sp³-hybridized carbons (Fsp3) is 0. The maximum atomic E-state index is 13.6. The number of rotatable bonds is 2. The monoisotopic (exact) mass is 471 g/mol. The topological polar surface area (TPSA) is 29.1 Å². The van der Waals surface area contributed by atoms with Gasteiger partial charge in [-0.05, 0) is 62.8 Å². The van der Waals surface area contributed by atoms with Crippen LogP contribution in [0.2, 0.25) is 5.02 Å². The molecule has 2 aromatic carbocycles. The first-order valence-electron chi connectivity index (χ1n) is 5.29. The van der Waals surface area contributed by atoms with Crippen molar-refractivity contribution in [2.45, 2.75) is 0 Å². The summed E-state index contributed by atoms with van der Waals surface area (Å²) in [5.41, 5.74) is 0.0623. The molecule has 0 bridgehead atoms. The molecule has 0 saturated heterocycles. The Morgan fingerprint density at radius 3 is 2.60 bits per heavy atom. The van der Waals surface area contributed by atoms with E-state index in [0.29, 0.717) is 14.2 Å². The Morgan fingerprint density at radius 1 is 1.20 bits per heavy atom. The molecule has 2 rings (SSSR count). The van der Waals surface area contributed by atoms with Gasteiger partial charge >= 0.3 is 0 Å². The normalized spacial score (nSPS) is 10.4. The van der Waals surface area contributed by atoms with Gasteiger partial charge in [-0.2, -0.15) is 0 Å². The SMILES string of the molecule is O=C(Nc1cc(F)c(Br)cc1F)c1cc(Cl)ccc1I. The number of anilines is 1. The lowest BCUT2D eigenvalue weighted by atomic mass is 10.2. The van der Waals surface area contributed by atoms with Gasteiger partial charge < -0.3 is 5.32 Å². The van der Waals surface area contributed by atoms with Gasteiger partial charge in [-0.25, -0.2) is 8.78 Å². The summed E-state index contributed by atoms with van der Waals surface area (Å²) in [6.07, 6.45) is 0. The number of amides is 1. The molecule has 7 heteroatoms. The van der Waals surface area contributed by atoms with Crippen LogP contribution in [0.4, 0.5) is 14.5 Å². The maximum Gasteiger partial charge on any atom is 0.256 e. The zero-order chi connectivity index (χ0) is 14.9. The number of carbonyl (C=O) groups excluding carboxylic acids is 1. The second-order valence-electron chi connectivity index (χ2n) is 3.82. The van der Waals surface area contributed by atoms with Crippen LogP contribution in [0.3, 0.4) is 0 Å². The standard InChI is InChI=1S/C13H6BrClF2INO/c14-8-4-10(17)12(5-9(8)16)19-13(20)7-3-6(15)1-2-11(7)18/h1-5H,(H,19,20). The molecule has 2 aromatic rings. The Morgan fingerprint density at radius 2 is 1.90 bits per heavy atom. The number of hydrogen-bond acceptors (Lipinski definition) is 1. The van der Waals surface area contributed by atoms with E-state index in [1.165, 1.54) is 6.07 Å². The van der Waals surface area contributed by atoms with Gasteiger partial charge in [0, 0.05) is 14.7 Å². The second-order valence-corrected chi connectivity index (χ2v) is 6.28. The van der Waals surface area contributed by atoms with E-state index in [0.717, 1.165) is 12.1 Å². The molecule has 1 N–H and O–H groups in total. The number of benzene rings is 2. The molecule has 104 valence electrons. The minimum Gasteiger partial charge on any atom is -0.319 e. The van der Waals surface area contributed by atoms with E-state index in [2.05, 4.69) is 21.2 Å². The van der Waals surface area contributed by atoms with Crippen molar-refractivity contribution < 1.29 is 13.6 Å². The van der Waals surface area contributed by atoms with E-state index in [4.69, 9.17) is 11.6 Å². The summed E-state index contributed by atoms with van der Waals surface area (Å²) in [6.45, 7) is 0. The maximum absolute atomic E-state index is 13.6. The zero-order valence-corrected chi connectivity index (χ0v) is 14.2. The quantitative estimate of drug-likeness (QED) is 0.470. The van der Waals surface area contributed by atoms with Crippen molar-refractivity contribution in [3.63, 3.8) is 0 Å². The van der Waals surface area contributed by atoms with Crippen LogP contribution in [0.5, 0.6) is 0 Å². The molecule has 0 aliphatic carbocycles. The fourth-order valence-electron chi connectivity index (χ4n) is 1.48. The van der Waals surface area contributed by atoms with Gasteiger partial charge in [0.25, 0.3) is 5.91 Å². The van der Waals surface area contributed by atoms with Gasteiger partial charge in [0.05, 0.1) is 15.7 Å². The lowest BCUT2D eigenvalue weighted by molar-refractivity contribution is 0.102. The fourth-order valence-corrected chi connectivity index (χ4v) is 2.55. The number of halogens is 5. The predicted molar refractivity (Wildman–Crippen MR) is 86.2 cm³/mol. The summed E-state index contributed by atoms with van der Waals surface area (Å²) in [5, 5.41) is 2.71. The third kappa shape index (κ3) is 3.48. The Kier molecular flexibility index (Phi) is 4.98. The molecule has 0 aliphatic rings. The molecule has 0 aliphatic heterocycles. The van der Waals surface area contributed by atoms with Crippen molar-refractivity contribution in [1.29, 1.82) is 0 Å². The van der Waals surface area contributed by atoms with E-state index in [1.807, 2.05) is 22.6 Å². The van der Waals surface area contributed by atoms with Gasteiger partial charge in [-0.1, -0.05) is 11.6 Å². The molecule has 0 saturated carbocycles. The van der Waals surface area contributed by atoms with Crippen LogP contribution in [0.25, 0.3) is 0 Å². The van der Waals surface area contributed by atoms with Gasteiger partial charge in [-0.15, -0.1) is 0 Å². The molecule has 0 atom stereocenters. The van der Waals surface area contributed by atoms with Crippen molar-refractivity contribution in [3.8, 4) is 0 Å². The second kappa shape index (κ2) is 6.36. The van der Waals surface area contributed by atoms with Crippen molar-refractivity contribution in [2.75, 3.05) is 5.32 Å². The average Bonchev–Trinajstić information content (AvgIpc) is 2.38. The van der Waals surface area contributed by atoms with Crippen LogP contribution < -0.4 is 5.32 Å². The molecule has 0 unspecified atom stereocenters. The Bertz CT molecular complexity index is 696. The molecule has 0 aromatic heterocycles. The highest BCUT2D eigenvalue weighted by Gasteiger charge is 2.15. The zero-order valence-electron chi connectivity index (χ0n) is 9.68. The molecule has 0 radical (unpaired) electrons. The van der Waals surface area contributed by atoms with Crippen LogP contribution in [-0.2, 0) is 0 Å². The highest BCUT2D eigenvalue weighted by atomic mass is 127. The lowest BCUT2D eigenvalue weighted by Crippen LogP contribution is -2.14. The van der Waals surface area contributed by atoms with E-state index in [-0.39, 0.29) is 10.2 Å². The molecule has 20 heavy (non-hydrogen) atoms. The average molecular weight is 472 g/mol. The Hall–Kier alpha value is -0.730.